The number of aryl methyl sites for hydroxylation is 1. The number of nitrogens with one attached hydrogen (secondary N) is 1. The Morgan fingerprint density at radius 2 is 2.04 bits per heavy atom. The molecule has 2 aromatic heterocycles. The Hall–Kier alpha value is -2.73. The molecule has 4 aromatic rings. The van der Waals surface area contributed by atoms with Crippen molar-refractivity contribution in [1.29, 1.82) is 0 Å². The number of thiazole rings is 1. The Kier molecular flexibility index (Phi) is 3.54. The van der Waals surface area contributed by atoms with Crippen LogP contribution in [-0.4, -0.2) is 20.4 Å². The zero-order valence-electron chi connectivity index (χ0n) is 13.4. The number of anilines is 1. The summed E-state index contributed by atoms with van der Waals surface area (Å²) in [5.74, 6) is -0.0706. The van der Waals surface area contributed by atoms with Gasteiger partial charge in [-0.2, -0.15) is 0 Å². The first kappa shape index (κ1) is 14.8. The van der Waals surface area contributed by atoms with Crippen LogP contribution in [-0.2, 0) is 4.79 Å². The fraction of sp³-hybridized carbons (Fsp3) is 0.167. The molecule has 2 heterocycles. The molecule has 1 atom stereocenters. The van der Waals surface area contributed by atoms with E-state index in [0.29, 0.717) is 0 Å². The van der Waals surface area contributed by atoms with Crippen molar-refractivity contribution < 1.29 is 4.79 Å². The molecular weight excluding hydrogens is 320 g/mol. The fourth-order valence-corrected chi connectivity index (χ4v) is 3.64. The number of fused-ring (bicyclic) bond motifs is 2. The van der Waals surface area contributed by atoms with Gasteiger partial charge in [-0.3, -0.25) is 4.79 Å². The van der Waals surface area contributed by atoms with E-state index in [1.54, 1.807) is 17.7 Å². The third-order valence-electron chi connectivity index (χ3n) is 4.04. The van der Waals surface area contributed by atoms with Crippen LogP contribution in [0, 0.1) is 6.92 Å². The molecule has 24 heavy (non-hydrogen) atoms. The molecule has 0 saturated carbocycles. The summed E-state index contributed by atoms with van der Waals surface area (Å²) < 4.78 is 2.96. The van der Waals surface area contributed by atoms with Gasteiger partial charge in [0.25, 0.3) is 0 Å². The fourth-order valence-electron chi connectivity index (χ4n) is 2.78. The lowest BCUT2D eigenvalue weighted by Crippen LogP contribution is -2.23. The summed E-state index contributed by atoms with van der Waals surface area (Å²) in [6.45, 7) is 3.86. The molecule has 0 bridgehead atoms. The molecule has 1 amide bonds. The maximum atomic E-state index is 12.6. The van der Waals surface area contributed by atoms with Gasteiger partial charge in [0.1, 0.15) is 6.04 Å². The van der Waals surface area contributed by atoms with Gasteiger partial charge in [0, 0.05) is 5.69 Å². The van der Waals surface area contributed by atoms with E-state index in [-0.39, 0.29) is 11.9 Å². The van der Waals surface area contributed by atoms with Crippen molar-refractivity contribution >= 4 is 44.2 Å². The Labute approximate surface area is 143 Å². The number of benzene rings is 2. The molecule has 120 valence electrons. The summed E-state index contributed by atoms with van der Waals surface area (Å²) in [5, 5.41) is 4.01. The molecule has 0 radical (unpaired) electrons. The molecule has 5 nitrogen and oxygen atoms in total. The van der Waals surface area contributed by atoms with Crippen LogP contribution in [0.3, 0.4) is 0 Å². The highest BCUT2D eigenvalue weighted by Crippen LogP contribution is 2.25. The maximum Gasteiger partial charge on any atom is 0.247 e. The topological polar surface area (TPSA) is 59.8 Å². The van der Waals surface area contributed by atoms with Crippen LogP contribution in [0.5, 0.6) is 0 Å². The van der Waals surface area contributed by atoms with Gasteiger partial charge in [0.2, 0.25) is 5.91 Å². The summed E-state index contributed by atoms with van der Waals surface area (Å²) in [6.07, 6.45) is 1.71. The molecule has 0 aliphatic carbocycles. The van der Waals surface area contributed by atoms with Crippen molar-refractivity contribution in [3.8, 4) is 0 Å². The molecule has 0 spiro atoms. The molecule has 4 rings (SSSR count). The number of rotatable bonds is 3. The summed E-state index contributed by atoms with van der Waals surface area (Å²) in [6, 6.07) is 13.2. The Morgan fingerprint density at radius 1 is 1.21 bits per heavy atom. The molecular formula is C18H16N4OS. The van der Waals surface area contributed by atoms with E-state index >= 15 is 0 Å². The first-order chi connectivity index (χ1) is 11.6. The third kappa shape index (κ3) is 2.55. The quantitative estimate of drug-likeness (QED) is 0.611. The zero-order chi connectivity index (χ0) is 16.7. The van der Waals surface area contributed by atoms with Gasteiger partial charge >= 0.3 is 0 Å². The zero-order valence-corrected chi connectivity index (χ0v) is 14.2. The molecule has 1 N–H and O–H groups in total. The number of hydrogen-bond acceptors (Lipinski definition) is 4. The predicted octanol–water partition coefficient (Wildman–Crippen LogP) is 4.15. The number of aromatic nitrogens is 3. The summed E-state index contributed by atoms with van der Waals surface area (Å²) >= 11 is 1.62. The highest BCUT2D eigenvalue weighted by Gasteiger charge is 2.17. The van der Waals surface area contributed by atoms with Crippen LogP contribution in [0.4, 0.5) is 5.69 Å². The van der Waals surface area contributed by atoms with Crippen molar-refractivity contribution in [2.45, 2.75) is 19.9 Å². The minimum atomic E-state index is -0.351. The Balaban J connectivity index is 1.60. The second-order valence-electron chi connectivity index (χ2n) is 5.72. The summed E-state index contributed by atoms with van der Waals surface area (Å²) in [7, 11) is 0. The van der Waals surface area contributed by atoms with E-state index < -0.39 is 0 Å². The van der Waals surface area contributed by atoms with Gasteiger partial charge in [-0.25, -0.2) is 9.97 Å². The number of nitrogens with zero attached hydrogens (tertiary/aromatic N) is 3. The SMILES string of the molecule is Cc1nc2ccc(NC(=O)C(C)n3cnc4ccccc43)cc2s1. The van der Waals surface area contributed by atoms with Crippen LogP contribution in [0.1, 0.15) is 18.0 Å². The van der Waals surface area contributed by atoms with Crippen LogP contribution >= 0.6 is 11.3 Å². The van der Waals surface area contributed by atoms with Gasteiger partial charge in [-0.1, -0.05) is 12.1 Å². The van der Waals surface area contributed by atoms with Gasteiger partial charge in [-0.15, -0.1) is 11.3 Å². The van der Waals surface area contributed by atoms with E-state index in [1.165, 1.54) is 0 Å². The molecule has 0 fully saturated rings. The van der Waals surface area contributed by atoms with Crippen molar-refractivity contribution in [2.75, 3.05) is 5.32 Å². The molecule has 1 unspecified atom stereocenters. The lowest BCUT2D eigenvalue weighted by atomic mass is 10.2. The smallest absolute Gasteiger partial charge is 0.247 e. The minimum absolute atomic E-state index is 0.0706. The average molecular weight is 336 g/mol. The average Bonchev–Trinajstić information content (AvgIpc) is 3.16. The van der Waals surface area contributed by atoms with Crippen LogP contribution in [0.2, 0.25) is 0 Å². The molecule has 0 aliphatic rings. The third-order valence-corrected chi connectivity index (χ3v) is 4.97. The van der Waals surface area contributed by atoms with E-state index in [9.17, 15) is 4.79 Å². The molecule has 0 aliphatic heterocycles. The monoisotopic (exact) mass is 336 g/mol. The Bertz CT molecular complexity index is 1050. The largest absolute Gasteiger partial charge is 0.324 e. The van der Waals surface area contributed by atoms with Crippen LogP contribution < -0.4 is 5.32 Å². The first-order valence-electron chi connectivity index (χ1n) is 7.71. The van der Waals surface area contributed by atoms with Crippen LogP contribution in [0.15, 0.2) is 48.8 Å². The molecule has 2 aromatic carbocycles. The van der Waals surface area contributed by atoms with Crippen molar-refractivity contribution in [2.24, 2.45) is 0 Å². The van der Waals surface area contributed by atoms with Gasteiger partial charge < -0.3 is 9.88 Å². The van der Waals surface area contributed by atoms with Crippen LogP contribution in [0.25, 0.3) is 21.3 Å². The standard InChI is InChI=1S/C18H16N4OS/c1-11(22-10-19-14-5-3-4-6-16(14)22)18(23)21-13-7-8-15-17(9-13)24-12(2)20-15/h3-11H,1-2H3,(H,21,23). The molecule has 6 heteroatoms. The lowest BCUT2D eigenvalue weighted by Gasteiger charge is -2.14. The van der Waals surface area contributed by atoms with Crippen molar-refractivity contribution in [1.82, 2.24) is 14.5 Å². The summed E-state index contributed by atoms with van der Waals surface area (Å²) in [4.78, 5) is 21.4. The second kappa shape index (κ2) is 5.72. The lowest BCUT2D eigenvalue weighted by molar-refractivity contribution is -0.118. The van der Waals surface area contributed by atoms with E-state index in [2.05, 4.69) is 15.3 Å². The number of carbonyl (C=O) groups is 1. The van der Waals surface area contributed by atoms with E-state index in [1.807, 2.05) is 60.9 Å². The van der Waals surface area contributed by atoms with Gasteiger partial charge in [-0.05, 0) is 44.2 Å². The molecule has 0 saturated heterocycles. The van der Waals surface area contributed by atoms with Crippen molar-refractivity contribution in [3.63, 3.8) is 0 Å². The number of carbonyl (C=O) groups excluding carboxylic acids is 1. The maximum absolute atomic E-state index is 12.6. The highest BCUT2D eigenvalue weighted by atomic mass is 32.1. The number of hydrogen-bond donors (Lipinski definition) is 1. The van der Waals surface area contributed by atoms with E-state index in [0.717, 1.165) is 31.9 Å². The summed E-state index contributed by atoms with van der Waals surface area (Å²) in [5.41, 5.74) is 3.59. The predicted molar refractivity (Wildman–Crippen MR) is 97.4 cm³/mol. The van der Waals surface area contributed by atoms with Gasteiger partial charge in [0.05, 0.1) is 32.6 Å². The number of imidazole rings is 1. The van der Waals surface area contributed by atoms with Gasteiger partial charge in [0.15, 0.2) is 0 Å². The normalized spacial score (nSPS) is 12.6. The number of para-hydroxylation sites is 2. The second-order valence-corrected chi connectivity index (χ2v) is 6.96. The first-order valence-corrected chi connectivity index (χ1v) is 8.53. The Morgan fingerprint density at radius 3 is 2.92 bits per heavy atom. The van der Waals surface area contributed by atoms with Crippen molar-refractivity contribution in [3.05, 3.63) is 53.8 Å². The number of amides is 1. The highest BCUT2D eigenvalue weighted by molar-refractivity contribution is 7.18. The van der Waals surface area contributed by atoms with E-state index in [4.69, 9.17) is 0 Å². The minimum Gasteiger partial charge on any atom is -0.324 e.